The summed E-state index contributed by atoms with van der Waals surface area (Å²) in [5, 5.41) is 13.2. The molecule has 2 aromatic rings. The van der Waals surface area contributed by atoms with Crippen molar-refractivity contribution in [1.29, 1.82) is 0 Å². The zero-order chi connectivity index (χ0) is 19.1. The van der Waals surface area contributed by atoms with Crippen molar-refractivity contribution in [2.24, 2.45) is 0 Å². The molecular formula is C17H17ClN2O6. The normalized spacial score (nSPS) is 10.4. The monoisotopic (exact) mass is 380 g/mol. The molecule has 2 rings (SSSR count). The van der Waals surface area contributed by atoms with Crippen LogP contribution in [-0.4, -0.2) is 22.6 Å². The molecule has 1 heterocycles. The average Bonchev–Trinajstić information content (AvgIpc) is 3.06. The van der Waals surface area contributed by atoms with Crippen LogP contribution in [0.1, 0.15) is 34.7 Å². The highest BCUT2D eigenvalue weighted by Crippen LogP contribution is 2.28. The third-order valence-corrected chi connectivity index (χ3v) is 3.59. The Labute approximate surface area is 154 Å². The Morgan fingerprint density at radius 2 is 2.08 bits per heavy atom. The van der Waals surface area contributed by atoms with Crippen LogP contribution in [0.25, 0.3) is 0 Å². The lowest BCUT2D eigenvalue weighted by molar-refractivity contribution is -0.386. The van der Waals surface area contributed by atoms with Crippen LogP contribution in [0.5, 0.6) is 5.75 Å². The highest BCUT2D eigenvalue weighted by molar-refractivity contribution is 6.63. The van der Waals surface area contributed by atoms with Crippen molar-refractivity contribution in [3.8, 4) is 5.75 Å². The van der Waals surface area contributed by atoms with Crippen molar-refractivity contribution in [2.45, 2.75) is 26.4 Å². The Morgan fingerprint density at radius 3 is 2.77 bits per heavy atom. The first-order valence-electron chi connectivity index (χ1n) is 7.80. The van der Waals surface area contributed by atoms with E-state index in [1.807, 2.05) is 0 Å². The summed E-state index contributed by atoms with van der Waals surface area (Å²) in [7, 11) is 0. The molecule has 0 aliphatic heterocycles. The number of furan rings is 1. The molecule has 0 atom stereocenters. The van der Waals surface area contributed by atoms with Gasteiger partial charge in [0.05, 0.1) is 4.92 Å². The molecule has 1 amide bonds. The minimum absolute atomic E-state index is 0.0576. The lowest BCUT2D eigenvalue weighted by Gasteiger charge is -2.06. The quantitative estimate of drug-likeness (QED) is 0.309. The zero-order valence-electron chi connectivity index (χ0n) is 14.0. The first-order chi connectivity index (χ1) is 12.4. The highest BCUT2D eigenvalue weighted by Gasteiger charge is 2.16. The maximum Gasteiger partial charge on any atom is 0.311 e. The van der Waals surface area contributed by atoms with Crippen LogP contribution in [0.15, 0.2) is 34.7 Å². The van der Waals surface area contributed by atoms with Crippen LogP contribution in [0, 0.1) is 17.0 Å². The standard InChI is InChI=1S/C17H17ClN2O6/c1-11-4-6-14(13(9-11)20(23)24)25-10-12-5-7-15(26-12)17(22)19-8-2-3-16(18)21/h4-7,9H,2-3,8,10H2,1H3,(H,19,22). The number of aryl methyl sites for hydroxylation is 1. The smallest absolute Gasteiger partial charge is 0.311 e. The maximum absolute atomic E-state index is 11.9. The topological polar surface area (TPSA) is 112 Å². The molecule has 0 spiro atoms. The van der Waals surface area contributed by atoms with Gasteiger partial charge in [-0.15, -0.1) is 0 Å². The molecule has 26 heavy (non-hydrogen) atoms. The third-order valence-electron chi connectivity index (χ3n) is 3.40. The maximum atomic E-state index is 11.9. The van der Waals surface area contributed by atoms with Crippen LogP contribution in [-0.2, 0) is 11.4 Å². The number of halogens is 1. The molecule has 0 bridgehead atoms. The van der Waals surface area contributed by atoms with Crippen LogP contribution in [0.4, 0.5) is 5.69 Å². The lowest BCUT2D eigenvalue weighted by atomic mass is 10.2. The first kappa shape index (κ1) is 19.5. The Bertz CT molecular complexity index is 817. The SMILES string of the molecule is Cc1ccc(OCc2ccc(C(=O)NCCCC(=O)Cl)o2)c([N+](=O)[O-])c1. The highest BCUT2D eigenvalue weighted by atomic mass is 35.5. The summed E-state index contributed by atoms with van der Waals surface area (Å²) in [5.74, 6) is 0.119. The van der Waals surface area contributed by atoms with E-state index in [1.165, 1.54) is 18.2 Å². The summed E-state index contributed by atoms with van der Waals surface area (Å²) in [6.07, 6.45) is 0.607. The number of nitrogens with zero attached hydrogens (tertiary/aromatic N) is 1. The molecule has 0 unspecified atom stereocenters. The van der Waals surface area contributed by atoms with Crippen LogP contribution in [0.3, 0.4) is 0 Å². The Morgan fingerprint density at radius 1 is 1.31 bits per heavy atom. The van der Waals surface area contributed by atoms with Crippen molar-refractivity contribution < 1.29 is 23.7 Å². The average molecular weight is 381 g/mol. The fraction of sp³-hybridized carbons (Fsp3) is 0.294. The van der Waals surface area contributed by atoms with Gasteiger partial charge in [-0.3, -0.25) is 19.7 Å². The summed E-state index contributed by atoms with van der Waals surface area (Å²) >= 11 is 5.21. The molecule has 8 nitrogen and oxygen atoms in total. The predicted octanol–water partition coefficient (Wildman–Crippen LogP) is 3.35. The van der Waals surface area contributed by atoms with Crippen molar-refractivity contribution in [3.63, 3.8) is 0 Å². The van der Waals surface area contributed by atoms with Gasteiger partial charge in [0.1, 0.15) is 12.4 Å². The van der Waals surface area contributed by atoms with Gasteiger partial charge in [0.15, 0.2) is 11.5 Å². The van der Waals surface area contributed by atoms with Gasteiger partial charge in [0, 0.05) is 19.0 Å². The fourth-order valence-corrected chi connectivity index (χ4v) is 2.27. The van der Waals surface area contributed by atoms with Gasteiger partial charge < -0.3 is 14.5 Å². The van der Waals surface area contributed by atoms with Crippen LogP contribution in [0.2, 0.25) is 0 Å². The lowest BCUT2D eigenvalue weighted by Crippen LogP contribution is -2.24. The minimum Gasteiger partial charge on any atom is -0.479 e. The van der Waals surface area contributed by atoms with Gasteiger partial charge in [0.2, 0.25) is 5.24 Å². The molecule has 0 radical (unpaired) electrons. The number of nitrogens with one attached hydrogen (secondary N) is 1. The van der Waals surface area contributed by atoms with Crippen molar-refractivity contribution in [2.75, 3.05) is 6.54 Å². The third kappa shape index (κ3) is 5.59. The Kier molecular flexibility index (Phi) is 6.74. The Hall–Kier alpha value is -2.87. The van der Waals surface area contributed by atoms with Gasteiger partial charge in [-0.25, -0.2) is 0 Å². The summed E-state index contributed by atoms with van der Waals surface area (Å²) < 4.78 is 10.8. The second-order valence-corrected chi connectivity index (χ2v) is 5.92. The molecule has 1 N–H and O–H groups in total. The van der Waals surface area contributed by atoms with Crippen LogP contribution < -0.4 is 10.1 Å². The second-order valence-electron chi connectivity index (χ2n) is 5.50. The molecule has 138 valence electrons. The van der Waals surface area contributed by atoms with E-state index < -0.39 is 16.1 Å². The number of carbonyl (C=O) groups excluding carboxylic acids is 2. The number of nitro groups is 1. The van der Waals surface area contributed by atoms with E-state index in [-0.39, 0.29) is 30.2 Å². The van der Waals surface area contributed by atoms with E-state index in [1.54, 1.807) is 19.1 Å². The molecule has 0 saturated carbocycles. The van der Waals surface area contributed by atoms with E-state index in [0.29, 0.717) is 18.7 Å². The molecule has 0 fully saturated rings. The Balaban J connectivity index is 1.91. The molecule has 1 aromatic heterocycles. The summed E-state index contributed by atoms with van der Waals surface area (Å²) in [5.41, 5.74) is 0.611. The van der Waals surface area contributed by atoms with Crippen molar-refractivity contribution in [3.05, 3.63) is 57.5 Å². The van der Waals surface area contributed by atoms with E-state index in [0.717, 1.165) is 5.56 Å². The molecule has 0 saturated heterocycles. The predicted molar refractivity (Wildman–Crippen MR) is 93.3 cm³/mol. The van der Waals surface area contributed by atoms with E-state index in [9.17, 15) is 19.7 Å². The van der Waals surface area contributed by atoms with Gasteiger partial charge in [-0.05, 0) is 48.7 Å². The summed E-state index contributed by atoms with van der Waals surface area (Å²) in [4.78, 5) is 33.1. The summed E-state index contributed by atoms with van der Waals surface area (Å²) in [6.45, 7) is 1.98. The van der Waals surface area contributed by atoms with Gasteiger partial charge in [-0.1, -0.05) is 6.07 Å². The second kappa shape index (κ2) is 9.00. The number of hydrogen-bond donors (Lipinski definition) is 1. The van der Waals surface area contributed by atoms with E-state index in [2.05, 4.69) is 5.32 Å². The number of nitro benzene ring substituents is 1. The zero-order valence-corrected chi connectivity index (χ0v) is 14.7. The largest absolute Gasteiger partial charge is 0.479 e. The number of benzene rings is 1. The molecule has 0 aliphatic carbocycles. The van der Waals surface area contributed by atoms with Gasteiger partial charge in [-0.2, -0.15) is 0 Å². The number of amides is 1. The van der Waals surface area contributed by atoms with Crippen molar-refractivity contribution >= 4 is 28.4 Å². The molecular weight excluding hydrogens is 364 g/mol. The van der Waals surface area contributed by atoms with Crippen LogP contribution >= 0.6 is 11.6 Å². The molecule has 1 aromatic carbocycles. The minimum atomic E-state index is -0.519. The van der Waals surface area contributed by atoms with Gasteiger partial charge in [0.25, 0.3) is 5.91 Å². The molecule has 9 heteroatoms. The van der Waals surface area contributed by atoms with E-state index >= 15 is 0 Å². The summed E-state index contributed by atoms with van der Waals surface area (Å²) in [6, 6.07) is 7.67. The van der Waals surface area contributed by atoms with Crippen molar-refractivity contribution in [1.82, 2.24) is 5.32 Å². The van der Waals surface area contributed by atoms with Gasteiger partial charge >= 0.3 is 5.69 Å². The first-order valence-corrected chi connectivity index (χ1v) is 8.17. The molecule has 0 aliphatic rings. The van der Waals surface area contributed by atoms with E-state index in [4.69, 9.17) is 20.8 Å². The number of rotatable bonds is 9. The number of carbonyl (C=O) groups is 2. The fourth-order valence-electron chi connectivity index (χ4n) is 2.13. The number of ether oxygens (including phenoxy) is 1. The number of hydrogen-bond acceptors (Lipinski definition) is 6.